The summed E-state index contributed by atoms with van der Waals surface area (Å²) in [5.74, 6) is -2.27. The number of carbonyl (C=O) groups excluding carboxylic acids is 4. The van der Waals surface area contributed by atoms with Crippen LogP contribution < -0.4 is 0 Å². The predicted octanol–water partition coefficient (Wildman–Crippen LogP) is 2.12. The highest BCUT2D eigenvalue weighted by Crippen LogP contribution is 2.37. The molecule has 0 spiro atoms. The molecule has 2 aliphatic rings. The van der Waals surface area contributed by atoms with Gasteiger partial charge in [0, 0.05) is 24.0 Å². The summed E-state index contributed by atoms with van der Waals surface area (Å²) in [6.45, 7) is 9.51. The maximum Gasteiger partial charge on any atom is 0.511 e. The van der Waals surface area contributed by atoms with Crippen molar-refractivity contribution in [2.75, 3.05) is 13.2 Å². The van der Waals surface area contributed by atoms with Gasteiger partial charge in [0.1, 0.15) is 0 Å². The van der Waals surface area contributed by atoms with Gasteiger partial charge in [0.05, 0.1) is 25.2 Å². The minimum absolute atomic E-state index is 0.0387. The molecule has 2 aliphatic heterocycles. The smallest absolute Gasteiger partial charge is 0.434 e. The molecule has 0 aromatic carbocycles. The summed E-state index contributed by atoms with van der Waals surface area (Å²) < 4.78 is 30.0. The molecule has 0 aliphatic carbocycles. The second-order valence-electron chi connectivity index (χ2n) is 7.44. The number of aliphatic hydroxyl groups is 1. The van der Waals surface area contributed by atoms with Gasteiger partial charge in [-0.1, -0.05) is 13.2 Å². The molecule has 0 saturated carbocycles. The number of rotatable bonds is 5. The Morgan fingerprint density at radius 1 is 0.968 bits per heavy atom. The minimum Gasteiger partial charge on any atom is -0.434 e. The summed E-state index contributed by atoms with van der Waals surface area (Å²) >= 11 is 0. The van der Waals surface area contributed by atoms with Crippen molar-refractivity contribution in [3.63, 3.8) is 0 Å². The number of hydrogen-bond donors (Lipinski definition) is 1. The first-order chi connectivity index (χ1) is 14.5. The fourth-order valence-corrected chi connectivity index (χ4v) is 3.15. The Bertz CT molecular complexity index is 758. The zero-order valence-electron chi connectivity index (χ0n) is 17.4. The fraction of sp³-hybridized carbons (Fsp3) is 0.600. The van der Waals surface area contributed by atoms with Crippen LogP contribution >= 0.6 is 0 Å². The number of esters is 2. The highest BCUT2D eigenvalue weighted by atomic mass is 16.8. The number of cyclic esters (lactones) is 4. The van der Waals surface area contributed by atoms with E-state index in [1.165, 1.54) is 13.8 Å². The van der Waals surface area contributed by atoms with Crippen molar-refractivity contribution >= 4 is 24.2 Å². The lowest BCUT2D eigenvalue weighted by Crippen LogP contribution is -2.48. The lowest BCUT2D eigenvalue weighted by molar-refractivity contribution is -0.204. The standard InChI is InChI=1S/C20H26O11/c1-11(2)16(21)28-14-9-13(5-7-26-18(23)30-14)20(25)6-8-27-19(24)31-15(10-20)29-17(22)12(3)4/h13-15,25H,1,3,5-10H2,2,4H3. The van der Waals surface area contributed by atoms with E-state index in [0.29, 0.717) is 0 Å². The van der Waals surface area contributed by atoms with Gasteiger partial charge in [0.15, 0.2) is 0 Å². The maximum atomic E-state index is 11.9. The molecule has 4 atom stereocenters. The molecule has 2 saturated heterocycles. The van der Waals surface area contributed by atoms with Crippen LogP contribution in [0.3, 0.4) is 0 Å². The first-order valence-corrected chi connectivity index (χ1v) is 9.62. The van der Waals surface area contributed by atoms with E-state index in [9.17, 15) is 24.3 Å². The van der Waals surface area contributed by atoms with Gasteiger partial charge in [-0.05, 0) is 26.2 Å². The van der Waals surface area contributed by atoms with Crippen molar-refractivity contribution in [3.8, 4) is 0 Å². The van der Waals surface area contributed by atoms with Gasteiger partial charge in [0.25, 0.3) is 12.6 Å². The molecule has 0 aromatic rings. The van der Waals surface area contributed by atoms with E-state index >= 15 is 0 Å². The van der Waals surface area contributed by atoms with Crippen LogP contribution in [0.2, 0.25) is 0 Å². The first-order valence-electron chi connectivity index (χ1n) is 9.62. The van der Waals surface area contributed by atoms with E-state index in [0.717, 1.165) is 0 Å². The van der Waals surface area contributed by atoms with Crippen molar-refractivity contribution in [1.29, 1.82) is 0 Å². The molecule has 11 heteroatoms. The van der Waals surface area contributed by atoms with Gasteiger partial charge in [0.2, 0.25) is 0 Å². The van der Waals surface area contributed by atoms with Gasteiger partial charge < -0.3 is 33.5 Å². The van der Waals surface area contributed by atoms with Crippen LogP contribution in [-0.4, -0.2) is 60.8 Å². The molecular weight excluding hydrogens is 416 g/mol. The van der Waals surface area contributed by atoms with E-state index in [4.69, 9.17) is 28.4 Å². The SMILES string of the molecule is C=C(C)C(=O)OC1CC(C2(O)CCOC(=O)OC(OC(=O)C(=C)C)C2)CCOC(=O)O1. The Morgan fingerprint density at radius 3 is 2.06 bits per heavy atom. The van der Waals surface area contributed by atoms with Crippen LogP contribution in [0.4, 0.5) is 9.59 Å². The molecule has 0 radical (unpaired) electrons. The van der Waals surface area contributed by atoms with Crippen molar-refractivity contribution in [2.24, 2.45) is 5.92 Å². The Labute approximate surface area is 178 Å². The first kappa shape index (κ1) is 24.2. The molecule has 4 unspecified atom stereocenters. The van der Waals surface area contributed by atoms with Gasteiger partial charge in [-0.2, -0.15) is 0 Å². The summed E-state index contributed by atoms with van der Waals surface area (Å²) in [7, 11) is 0. The quantitative estimate of drug-likeness (QED) is 0.380. The largest absolute Gasteiger partial charge is 0.511 e. The molecule has 2 heterocycles. The normalized spacial score (nSPS) is 29.2. The van der Waals surface area contributed by atoms with E-state index in [1.807, 2.05) is 0 Å². The number of hydrogen-bond acceptors (Lipinski definition) is 11. The minimum atomic E-state index is -1.61. The average Bonchev–Trinajstić information content (AvgIpc) is 2.63. The molecular formula is C20H26O11. The monoisotopic (exact) mass is 442 g/mol. The van der Waals surface area contributed by atoms with Crippen LogP contribution in [0, 0.1) is 5.92 Å². The highest BCUT2D eigenvalue weighted by molar-refractivity contribution is 5.87. The maximum absolute atomic E-state index is 11.9. The van der Waals surface area contributed by atoms with E-state index < -0.39 is 48.3 Å². The molecule has 11 nitrogen and oxygen atoms in total. The summed E-state index contributed by atoms with van der Waals surface area (Å²) in [4.78, 5) is 47.1. The van der Waals surface area contributed by atoms with Crippen molar-refractivity contribution < 1.29 is 52.7 Å². The van der Waals surface area contributed by atoms with Gasteiger partial charge in [-0.15, -0.1) is 0 Å². The second-order valence-corrected chi connectivity index (χ2v) is 7.44. The van der Waals surface area contributed by atoms with Gasteiger partial charge in [-0.3, -0.25) is 0 Å². The molecule has 0 amide bonds. The molecule has 31 heavy (non-hydrogen) atoms. The lowest BCUT2D eigenvalue weighted by Gasteiger charge is -2.40. The van der Waals surface area contributed by atoms with Crippen LogP contribution in [0.25, 0.3) is 0 Å². The van der Waals surface area contributed by atoms with Crippen LogP contribution in [-0.2, 0) is 38.0 Å². The predicted molar refractivity (Wildman–Crippen MR) is 101 cm³/mol. The lowest BCUT2D eigenvalue weighted by atomic mass is 9.77. The second kappa shape index (κ2) is 10.3. The summed E-state index contributed by atoms with van der Waals surface area (Å²) in [6.07, 6.45) is -5.12. The zero-order valence-corrected chi connectivity index (χ0v) is 17.4. The van der Waals surface area contributed by atoms with E-state index in [1.54, 1.807) is 0 Å². The summed E-state index contributed by atoms with van der Waals surface area (Å²) in [6, 6.07) is 0. The molecule has 0 aromatic heterocycles. The van der Waals surface area contributed by atoms with Crippen molar-refractivity contribution in [2.45, 2.75) is 57.7 Å². The van der Waals surface area contributed by atoms with Crippen molar-refractivity contribution in [3.05, 3.63) is 24.3 Å². The molecule has 2 fully saturated rings. The zero-order chi connectivity index (χ0) is 23.2. The van der Waals surface area contributed by atoms with Crippen LogP contribution in [0.5, 0.6) is 0 Å². The highest BCUT2D eigenvalue weighted by Gasteiger charge is 2.45. The number of carbonyl (C=O) groups is 4. The van der Waals surface area contributed by atoms with Crippen molar-refractivity contribution in [1.82, 2.24) is 0 Å². The Hall–Kier alpha value is -3.08. The molecule has 0 bridgehead atoms. The summed E-state index contributed by atoms with van der Waals surface area (Å²) in [5, 5.41) is 11.4. The average molecular weight is 442 g/mol. The van der Waals surface area contributed by atoms with Crippen LogP contribution in [0.1, 0.15) is 39.5 Å². The topological polar surface area (TPSA) is 144 Å². The molecule has 1 N–H and O–H groups in total. The molecule has 172 valence electrons. The summed E-state index contributed by atoms with van der Waals surface area (Å²) in [5.41, 5.74) is -1.45. The molecule has 2 rings (SSSR count). The van der Waals surface area contributed by atoms with E-state index in [2.05, 4.69) is 13.2 Å². The Kier molecular flexibility index (Phi) is 8.03. The fourth-order valence-electron chi connectivity index (χ4n) is 3.15. The third-order valence-electron chi connectivity index (χ3n) is 4.83. The van der Waals surface area contributed by atoms with E-state index in [-0.39, 0.29) is 50.0 Å². The third-order valence-corrected chi connectivity index (χ3v) is 4.83. The number of ether oxygens (including phenoxy) is 6. The Morgan fingerprint density at radius 2 is 1.48 bits per heavy atom. The van der Waals surface area contributed by atoms with Gasteiger partial charge >= 0.3 is 24.2 Å². The Balaban J connectivity index is 2.23. The third kappa shape index (κ3) is 6.99. The van der Waals surface area contributed by atoms with Crippen LogP contribution in [0.15, 0.2) is 24.3 Å². The van der Waals surface area contributed by atoms with Gasteiger partial charge in [-0.25, -0.2) is 19.2 Å².